The molecule has 3 amide bonds. The maximum Gasteiger partial charge on any atom is 0.319 e. The molecule has 1 aliphatic carbocycles. The lowest BCUT2D eigenvalue weighted by atomic mass is 9.74. The topological polar surface area (TPSA) is 83.4 Å². The molecule has 1 fully saturated rings. The number of halogens is 2. The zero-order valence-corrected chi connectivity index (χ0v) is 17.4. The number of carbonyl (C=O) groups excluding carboxylic acids is 2. The smallest absolute Gasteiger partial charge is 0.319 e. The summed E-state index contributed by atoms with van der Waals surface area (Å²) in [6.45, 7) is 0.247. The van der Waals surface area contributed by atoms with Crippen LogP contribution in [-0.4, -0.2) is 11.9 Å². The van der Waals surface area contributed by atoms with Crippen molar-refractivity contribution in [1.29, 1.82) is 0 Å². The monoisotopic (exact) mass is 441 g/mol. The number of anilines is 1. The molecule has 2 aromatic carbocycles. The van der Waals surface area contributed by atoms with E-state index in [1.807, 2.05) is 0 Å². The molecule has 2 heterocycles. The molecular formula is C23H21ClFN3O3. The number of nitrogens with one attached hydrogen (secondary N) is 3. The molecule has 0 radical (unpaired) electrons. The Bertz CT molecular complexity index is 1180. The van der Waals surface area contributed by atoms with Gasteiger partial charge in [0.1, 0.15) is 11.4 Å². The Hall–Kier alpha value is -3.06. The average Bonchev–Trinajstić information content (AvgIpc) is 3.17. The Morgan fingerprint density at radius 1 is 1.16 bits per heavy atom. The number of fused-ring (bicyclic) bond motifs is 4. The van der Waals surface area contributed by atoms with Crippen LogP contribution >= 0.6 is 11.6 Å². The van der Waals surface area contributed by atoms with Gasteiger partial charge in [0.2, 0.25) is 0 Å². The quantitative estimate of drug-likeness (QED) is 0.505. The molecule has 0 atom stereocenters. The first-order chi connectivity index (χ1) is 14.9. The molecule has 3 N–H and O–H groups in total. The molecule has 31 heavy (non-hydrogen) atoms. The van der Waals surface area contributed by atoms with Crippen LogP contribution in [0.3, 0.4) is 0 Å². The van der Waals surface area contributed by atoms with Gasteiger partial charge in [0.15, 0.2) is 5.76 Å². The first-order valence-corrected chi connectivity index (χ1v) is 10.7. The minimum atomic E-state index is -0.557. The summed E-state index contributed by atoms with van der Waals surface area (Å²) < 4.78 is 19.1. The Morgan fingerprint density at radius 2 is 1.90 bits per heavy atom. The molecule has 1 saturated carbocycles. The van der Waals surface area contributed by atoms with Gasteiger partial charge in [-0.15, -0.1) is 0 Å². The van der Waals surface area contributed by atoms with E-state index in [-0.39, 0.29) is 30.1 Å². The van der Waals surface area contributed by atoms with Gasteiger partial charge in [-0.05, 0) is 42.7 Å². The first-order valence-electron chi connectivity index (χ1n) is 10.3. The number of hydrogen-bond acceptors (Lipinski definition) is 3. The summed E-state index contributed by atoms with van der Waals surface area (Å²) >= 11 is 6.52. The second-order valence-corrected chi connectivity index (χ2v) is 8.58. The van der Waals surface area contributed by atoms with Crippen LogP contribution in [0.1, 0.15) is 53.8 Å². The number of carbonyl (C=O) groups is 2. The zero-order chi connectivity index (χ0) is 21.6. The Morgan fingerprint density at radius 3 is 2.65 bits per heavy atom. The van der Waals surface area contributed by atoms with E-state index in [4.69, 9.17) is 16.0 Å². The lowest BCUT2D eigenvalue weighted by Crippen LogP contribution is -2.52. The van der Waals surface area contributed by atoms with E-state index in [0.717, 1.165) is 43.2 Å². The molecule has 2 aliphatic rings. The maximum atomic E-state index is 13.1. The van der Waals surface area contributed by atoms with E-state index in [1.54, 1.807) is 24.3 Å². The predicted molar refractivity (Wildman–Crippen MR) is 116 cm³/mol. The molecule has 0 bridgehead atoms. The zero-order valence-electron chi connectivity index (χ0n) is 16.7. The molecule has 5 rings (SSSR count). The van der Waals surface area contributed by atoms with Crippen LogP contribution in [0.25, 0.3) is 11.0 Å². The fourth-order valence-electron chi connectivity index (χ4n) is 4.67. The molecule has 1 aromatic heterocycles. The number of benzene rings is 2. The summed E-state index contributed by atoms with van der Waals surface area (Å²) in [7, 11) is 0. The van der Waals surface area contributed by atoms with Crippen molar-refractivity contribution >= 4 is 40.2 Å². The van der Waals surface area contributed by atoms with E-state index in [2.05, 4.69) is 16.0 Å². The first kappa shape index (κ1) is 19.9. The summed E-state index contributed by atoms with van der Waals surface area (Å²) in [6, 6.07) is 9.02. The van der Waals surface area contributed by atoms with E-state index < -0.39 is 5.54 Å². The fraction of sp³-hybridized carbons (Fsp3) is 0.304. The third-order valence-electron chi connectivity index (χ3n) is 6.13. The van der Waals surface area contributed by atoms with Crippen LogP contribution in [0.4, 0.5) is 14.9 Å². The normalized spacial score (nSPS) is 17.2. The van der Waals surface area contributed by atoms with Gasteiger partial charge in [-0.2, -0.15) is 0 Å². The molecule has 6 nitrogen and oxygen atoms in total. The second-order valence-electron chi connectivity index (χ2n) is 8.17. The number of rotatable bonds is 3. The minimum Gasteiger partial charge on any atom is -0.450 e. The highest BCUT2D eigenvalue weighted by Crippen LogP contribution is 2.48. The molecule has 8 heteroatoms. The van der Waals surface area contributed by atoms with Crippen molar-refractivity contribution in [3.05, 3.63) is 64.1 Å². The van der Waals surface area contributed by atoms with E-state index in [0.29, 0.717) is 21.7 Å². The van der Waals surface area contributed by atoms with Gasteiger partial charge in [-0.1, -0.05) is 43.0 Å². The Kier molecular flexibility index (Phi) is 4.85. The second kappa shape index (κ2) is 7.57. The molecule has 1 spiro atoms. The third kappa shape index (κ3) is 3.53. The lowest BCUT2D eigenvalue weighted by Gasteiger charge is -2.42. The van der Waals surface area contributed by atoms with Gasteiger partial charge in [-0.25, -0.2) is 9.18 Å². The molecule has 1 aliphatic heterocycles. The Labute approximate surface area is 183 Å². The van der Waals surface area contributed by atoms with Gasteiger partial charge in [0, 0.05) is 17.5 Å². The van der Waals surface area contributed by atoms with Crippen molar-refractivity contribution in [3.63, 3.8) is 0 Å². The average molecular weight is 442 g/mol. The molecule has 160 valence electrons. The molecule has 0 saturated heterocycles. The van der Waals surface area contributed by atoms with Crippen LogP contribution in [-0.2, 0) is 12.1 Å². The van der Waals surface area contributed by atoms with Crippen LogP contribution in [0, 0.1) is 5.82 Å². The van der Waals surface area contributed by atoms with Crippen molar-refractivity contribution in [1.82, 2.24) is 10.6 Å². The van der Waals surface area contributed by atoms with Gasteiger partial charge < -0.3 is 20.4 Å². The van der Waals surface area contributed by atoms with Gasteiger partial charge in [-0.3, -0.25) is 4.79 Å². The highest BCUT2D eigenvalue weighted by atomic mass is 35.5. The van der Waals surface area contributed by atoms with Crippen molar-refractivity contribution < 1.29 is 18.4 Å². The maximum absolute atomic E-state index is 13.1. The van der Waals surface area contributed by atoms with Gasteiger partial charge >= 0.3 is 6.03 Å². The van der Waals surface area contributed by atoms with Crippen LogP contribution < -0.4 is 16.0 Å². The van der Waals surface area contributed by atoms with E-state index in [1.165, 1.54) is 12.1 Å². The summed E-state index contributed by atoms with van der Waals surface area (Å²) in [6.07, 6.45) is 4.66. The predicted octanol–water partition coefficient (Wildman–Crippen LogP) is 5.45. The highest BCUT2D eigenvalue weighted by molar-refractivity contribution is 6.35. The standard InChI is InChI=1S/C23H21ClFN3O3/c24-16-10-14-11-17(21(29)26-12-13-4-6-15(25)7-5-13)31-20(14)18-19(16)27-22(30)28-23(18)8-2-1-3-9-23/h4-7,10-11H,1-3,8-9,12H2,(H,26,29)(H2,27,28,30). The van der Waals surface area contributed by atoms with Crippen molar-refractivity contribution in [2.75, 3.05) is 5.32 Å². The summed E-state index contributed by atoms with van der Waals surface area (Å²) in [5.41, 5.74) is 2.14. The highest BCUT2D eigenvalue weighted by Gasteiger charge is 2.43. The van der Waals surface area contributed by atoms with Gasteiger partial charge in [0.05, 0.1) is 16.2 Å². The summed E-state index contributed by atoms with van der Waals surface area (Å²) in [5.74, 6) is -0.549. The Balaban J connectivity index is 1.51. The van der Waals surface area contributed by atoms with Crippen molar-refractivity contribution in [3.8, 4) is 0 Å². The number of hydrogen-bond donors (Lipinski definition) is 3. The van der Waals surface area contributed by atoms with Crippen molar-refractivity contribution in [2.24, 2.45) is 0 Å². The number of furan rings is 1. The summed E-state index contributed by atoms with van der Waals surface area (Å²) in [5, 5.41) is 9.83. The van der Waals surface area contributed by atoms with Crippen molar-refractivity contribution in [2.45, 2.75) is 44.2 Å². The van der Waals surface area contributed by atoms with Gasteiger partial charge in [0.25, 0.3) is 5.91 Å². The van der Waals surface area contributed by atoms with Crippen LogP contribution in [0.5, 0.6) is 0 Å². The number of amides is 3. The third-order valence-corrected chi connectivity index (χ3v) is 6.42. The SMILES string of the molecule is O=C1Nc2c(Cl)cc3cc(C(=O)NCc4ccc(F)cc4)oc3c2C2(CCCCC2)N1. The molecular weight excluding hydrogens is 421 g/mol. The number of urea groups is 1. The lowest BCUT2D eigenvalue weighted by molar-refractivity contribution is 0.0925. The van der Waals surface area contributed by atoms with Crippen LogP contribution in [0.15, 0.2) is 40.8 Å². The van der Waals surface area contributed by atoms with E-state index >= 15 is 0 Å². The minimum absolute atomic E-state index is 0.157. The summed E-state index contributed by atoms with van der Waals surface area (Å²) in [4.78, 5) is 25.1. The molecule has 0 unspecified atom stereocenters. The largest absolute Gasteiger partial charge is 0.450 e. The fourth-order valence-corrected chi connectivity index (χ4v) is 4.93. The van der Waals surface area contributed by atoms with Crippen LogP contribution in [0.2, 0.25) is 5.02 Å². The molecule has 3 aromatic rings. The van der Waals surface area contributed by atoms with E-state index in [9.17, 15) is 14.0 Å².